The van der Waals surface area contributed by atoms with E-state index in [0.29, 0.717) is 0 Å². The lowest BCUT2D eigenvalue weighted by Crippen LogP contribution is -2.31. The van der Waals surface area contributed by atoms with Crippen LogP contribution in [-0.4, -0.2) is 15.0 Å². The molecule has 0 bridgehead atoms. The molecule has 1 aromatic rings. The molecule has 0 aromatic carbocycles. The molecule has 0 spiro atoms. The topological polar surface area (TPSA) is 30.7 Å². The molecule has 98 valence electrons. The molecule has 17 heavy (non-hydrogen) atoms. The highest BCUT2D eigenvalue weighted by molar-refractivity contribution is 5.08. The minimum atomic E-state index is 0.0561. The van der Waals surface area contributed by atoms with Gasteiger partial charge in [0, 0.05) is 5.41 Å². The molecule has 0 saturated carbocycles. The van der Waals surface area contributed by atoms with Crippen molar-refractivity contribution in [3.05, 3.63) is 11.9 Å². The summed E-state index contributed by atoms with van der Waals surface area (Å²) < 4.78 is 0. The summed E-state index contributed by atoms with van der Waals surface area (Å²) in [7, 11) is 0. The standard InChI is InChI=1S/C14H27N3/c1-7-10-13(4,5)12-11-15-17(16-12)14(6,8-2)9-3/h11H,7-10H2,1-6H3. The maximum atomic E-state index is 4.72. The Morgan fingerprint density at radius 3 is 2.18 bits per heavy atom. The van der Waals surface area contributed by atoms with Crippen molar-refractivity contribution >= 4 is 0 Å². The van der Waals surface area contributed by atoms with Crippen LogP contribution >= 0.6 is 0 Å². The van der Waals surface area contributed by atoms with Gasteiger partial charge in [-0.1, -0.05) is 41.0 Å². The van der Waals surface area contributed by atoms with Crippen LogP contribution in [0.2, 0.25) is 0 Å². The van der Waals surface area contributed by atoms with Gasteiger partial charge in [-0.25, -0.2) is 0 Å². The summed E-state index contributed by atoms with van der Waals surface area (Å²) in [5, 5.41) is 9.20. The molecule has 0 amide bonds. The Morgan fingerprint density at radius 1 is 1.12 bits per heavy atom. The van der Waals surface area contributed by atoms with E-state index in [-0.39, 0.29) is 11.0 Å². The van der Waals surface area contributed by atoms with Crippen LogP contribution in [0.15, 0.2) is 6.20 Å². The van der Waals surface area contributed by atoms with Crippen molar-refractivity contribution in [1.29, 1.82) is 0 Å². The highest BCUT2D eigenvalue weighted by Gasteiger charge is 2.28. The Labute approximate surface area is 106 Å². The molecule has 1 rings (SSSR count). The summed E-state index contributed by atoms with van der Waals surface area (Å²) in [6, 6.07) is 0. The minimum absolute atomic E-state index is 0.0561. The van der Waals surface area contributed by atoms with E-state index in [1.54, 1.807) is 0 Å². The maximum absolute atomic E-state index is 4.72. The molecule has 0 fully saturated rings. The zero-order valence-corrected chi connectivity index (χ0v) is 12.2. The third-order valence-corrected chi connectivity index (χ3v) is 4.07. The molecule has 3 heteroatoms. The molecule has 3 nitrogen and oxygen atoms in total. The predicted molar refractivity (Wildman–Crippen MR) is 72.2 cm³/mol. The Morgan fingerprint density at radius 2 is 1.71 bits per heavy atom. The van der Waals surface area contributed by atoms with E-state index in [1.807, 2.05) is 11.0 Å². The summed E-state index contributed by atoms with van der Waals surface area (Å²) in [5.74, 6) is 0. The highest BCUT2D eigenvalue weighted by Crippen LogP contribution is 2.28. The van der Waals surface area contributed by atoms with Crippen molar-refractivity contribution in [2.45, 2.75) is 78.2 Å². The van der Waals surface area contributed by atoms with Crippen molar-refractivity contribution in [3.63, 3.8) is 0 Å². The van der Waals surface area contributed by atoms with Crippen molar-refractivity contribution in [1.82, 2.24) is 15.0 Å². The van der Waals surface area contributed by atoms with Gasteiger partial charge in [-0.15, -0.1) is 0 Å². The van der Waals surface area contributed by atoms with Crippen molar-refractivity contribution < 1.29 is 0 Å². The number of hydrogen-bond donors (Lipinski definition) is 0. The van der Waals surface area contributed by atoms with Gasteiger partial charge in [0.15, 0.2) is 0 Å². The Hall–Kier alpha value is -0.860. The molecule has 0 N–H and O–H groups in total. The second-order valence-electron chi connectivity index (χ2n) is 5.86. The molecular weight excluding hydrogens is 210 g/mol. The number of aromatic nitrogens is 3. The van der Waals surface area contributed by atoms with Gasteiger partial charge in [-0.3, -0.25) is 0 Å². The fourth-order valence-corrected chi connectivity index (χ4v) is 2.12. The Kier molecular flexibility index (Phi) is 4.34. The normalized spacial score (nSPS) is 13.1. The van der Waals surface area contributed by atoms with Gasteiger partial charge in [0.2, 0.25) is 0 Å². The zero-order valence-electron chi connectivity index (χ0n) is 12.2. The first-order chi connectivity index (χ1) is 7.89. The van der Waals surface area contributed by atoms with E-state index < -0.39 is 0 Å². The van der Waals surface area contributed by atoms with Gasteiger partial charge in [0.05, 0.1) is 17.4 Å². The third-order valence-electron chi connectivity index (χ3n) is 4.07. The van der Waals surface area contributed by atoms with Gasteiger partial charge in [0.1, 0.15) is 0 Å². The average molecular weight is 237 g/mol. The van der Waals surface area contributed by atoms with E-state index in [0.717, 1.165) is 25.0 Å². The molecule has 1 heterocycles. The molecular formula is C14H27N3. The van der Waals surface area contributed by atoms with E-state index in [4.69, 9.17) is 5.10 Å². The predicted octanol–water partition coefficient (Wildman–Crippen LogP) is 3.89. The van der Waals surface area contributed by atoms with Gasteiger partial charge >= 0.3 is 0 Å². The quantitative estimate of drug-likeness (QED) is 0.751. The van der Waals surface area contributed by atoms with Crippen LogP contribution in [-0.2, 0) is 11.0 Å². The maximum Gasteiger partial charge on any atom is 0.0883 e. The zero-order chi connectivity index (χ0) is 13.1. The lowest BCUT2D eigenvalue weighted by molar-refractivity contribution is 0.229. The monoisotopic (exact) mass is 237 g/mol. The smallest absolute Gasteiger partial charge is 0.0883 e. The first-order valence-electron chi connectivity index (χ1n) is 6.83. The van der Waals surface area contributed by atoms with E-state index in [1.165, 1.54) is 6.42 Å². The van der Waals surface area contributed by atoms with Gasteiger partial charge < -0.3 is 0 Å². The van der Waals surface area contributed by atoms with Gasteiger partial charge in [-0.05, 0) is 26.2 Å². The molecule has 0 atom stereocenters. The first kappa shape index (κ1) is 14.2. The fourth-order valence-electron chi connectivity index (χ4n) is 2.12. The summed E-state index contributed by atoms with van der Waals surface area (Å²) in [5.41, 5.74) is 1.31. The molecule has 0 aliphatic rings. The lowest BCUT2D eigenvalue weighted by Gasteiger charge is -2.26. The molecule has 0 unspecified atom stereocenters. The number of rotatable bonds is 6. The first-order valence-corrected chi connectivity index (χ1v) is 6.83. The average Bonchev–Trinajstić information content (AvgIpc) is 2.78. The van der Waals surface area contributed by atoms with Crippen molar-refractivity contribution in [2.75, 3.05) is 0 Å². The summed E-state index contributed by atoms with van der Waals surface area (Å²) in [4.78, 5) is 1.92. The van der Waals surface area contributed by atoms with E-state index in [9.17, 15) is 0 Å². The summed E-state index contributed by atoms with van der Waals surface area (Å²) in [6.45, 7) is 13.3. The third kappa shape index (κ3) is 2.88. The van der Waals surface area contributed by atoms with Crippen LogP contribution in [0.25, 0.3) is 0 Å². The van der Waals surface area contributed by atoms with Crippen LogP contribution in [0.4, 0.5) is 0 Å². The van der Waals surface area contributed by atoms with Crippen LogP contribution in [0.3, 0.4) is 0 Å². The minimum Gasteiger partial charge on any atom is -0.179 e. The molecule has 0 radical (unpaired) electrons. The Bertz CT molecular complexity index is 348. The molecule has 0 aliphatic heterocycles. The Balaban J connectivity index is 2.99. The second-order valence-corrected chi connectivity index (χ2v) is 5.86. The van der Waals surface area contributed by atoms with Crippen molar-refractivity contribution in [3.8, 4) is 0 Å². The second kappa shape index (κ2) is 5.19. The van der Waals surface area contributed by atoms with E-state index >= 15 is 0 Å². The summed E-state index contributed by atoms with van der Waals surface area (Å²) >= 11 is 0. The van der Waals surface area contributed by atoms with E-state index in [2.05, 4.69) is 46.6 Å². The van der Waals surface area contributed by atoms with Crippen molar-refractivity contribution in [2.24, 2.45) is 0 Å². The molecule has 1 aromatic heterocycles. The summed E-state index contributed by atoms with van der Waals surface area (Å²) in [6.07, 6.45) is 6.40. The van der Waals surface area contributed by atoms with Crippen LogP contribution in [0, 0.1) is 0 Å². The van der Waals surface area contributed by atoms with Crippen LogP contribution < -0.4 is 0 Å². The largest absolute Gasteiger partial charge is 0.179 e. The van der Waals surface area contributed by atoms with Crippen LogP contribution in [0.1, 0.15) is 72.9 Å². The van der Waals surface area contributed by atoms with Crippen LogP contribution in [0.5, 0.6) is 0 Å². The SMILES string of the molecule is CCCC(C)(C)c1cnn(C(C)(CC)CC)n1. The molecule has 0 aliphatic carbocycles. The lowest BCUT2D eigenvalue weighted by atomic mass is 9.85. The highest BCUT2D eigenvalue weighted by atomic mass is 15.5. The van der Waals surface area contributed by atoms with Gasteiger partial charge in [0.25, 0.3) is 0 Å². The fraction of sp³-hybridized carbons (Fsp3) is 0.857. The number of nitrogens with zero attached hydrogens (tertiary/aromatic N) is 3. The molecule has 0 saturated heterocycles. The number of hydrogen-bond acceptors (Lipinski definition) is 2. The van der Waals surface area contributed by atoms with Gasteiger partial charge in [-0.2, -0.15) is 15.0 Å².